The summed E-state index contributed by atoms with van der Waals surface area (Å²) in [7, 11) is 0. The van der Waals surface area contributed by atoms with Gasteiger partial charge in [-0.1, -0.05) is 33.1 Å². The van der Waals surface area contributed by atoms with E-state index in [1.807, 2.05) is 13.8 Å². The maximum atomic E-state index is 12.1. The van der Waals surface area contributed by atoms with Gasteiger partial charge in [-0.2, -0.15) is 5.10 Å². The minimum absolute atomic E-state index is 0.127. The number of carbonyl (C=O) groups is 1. The van der Waals surface area contributed by atoms with E-state index in [0.717, 1.165) is 19.3 Å². The molecule has 0 aromatic carbocycles. The molecule has 0 aliphatic heterocycles. The standard InChI is InChI=1S/C15H25N3O2/c1-4-6-7-8-12(3)16-15(20)13-9-10-14(19)18(17-13)11-5-2/h9-10,12H,4-8,11H2,1-3H3,(H,16,20). The van der Waals surface area contributed by atoms with E-state index in [9.17, 15) is 9.59 Å². The van der Waals surface area contributed by atoms with E-state index in [-0.39, 0.29) is 17.5 Å². The molecule has 0 bridgehead atoms. The third-order valence-electron chi connectivity index (χ3n) is 3.15. The fraction of sp³-hybridized carbons (Fsp3) is 0.667. The summed E-state index contributed by atoms with van der Waals surface area (Å²) < 4.78 is 1.34. The van der Waals surface area contributed by atoms with Gasteiger partial charge in [0, 0.05) is 18.7 Å². The lowest BCUT2D eigenvalue weighted by atomic mass is 10.1. The number of aryl methyl sites for hydroxylation is 1. The highest BCUT2D eigenvalue weighted by Crippen LogP contribution is 2.03. The maximum Gasteiger partial charge on any atom is 0.271 e. The van der Waals surface area contributed by atoms with Crippen molar-refractivity contribution in [1.82, 2.24) is 15.1 Å². The van der Waals surface area contributed by atoms with Crippen LogP contribution < -0.4 is 10.9 Å². The molecule has 1 rings (SSSR count). The van der Waals surface area contributed by atoms with Gasteiger partial charge >= 0.3 is 0 Å². The zero-order chi connectivity index (χ0) is 15.0. The first kappa shape index (κ1) is 16.4. The van der Waals surface area contributed by atoms with E-state index < -0.39 is 0 Å². The van der Waals surface area contributed by atoms with Crippen LogP contribution in [0.2, 0.25) is 0 Å². The van der Waals surface area contributed by atoms with Gasteiger partial charge in [-0.15, -0.1) is 0 Å². The average Bonchev–Trinajstić information content (AvgIpc) is 2.41. The monoisotopic (exact) mass is 279 g/mol. The molecule has 0 fully saturated rings. The number of amides is 1. The zero-order valence-electron chi connectivity index (χ0n) is 12.7. The van der Waals surface area contributed by atoms with E-state index in [0.29, 0.717) is 12.2 Å². The number of nitrogens with zero attached hydrogens (tertiary/aromatic N) is 2. The molecule has 5 heteroatoms. The number of rotatable bonds is 8. The van der Waals surface area contributed by atoms with E-state index in [4.69, 9.17) is 0 Å². The van der Waals surface area contributed by atoms with Crippen molar-refractivity contribution < 1.29 is 4.79 Å². The summed E-state index contributed by atoms with van der Waals surface area (Å²) >= 11 is 0. The third kappa shape index (κ3) is 5.15. The molecule has 0 aliphatic rings. The topological polar surface area (TPSA) is 64.0 Å². The average molecular weight is 279 g/mol. The molecule has 0 saturated heterocycles. The first-order chi connectivity index (χ1) is 9.58. The fourth-order valence-electron chi connectivity index (χ4n) is 2.01. The maximum absolute atomic E-state index is 12.1. The lowest BCUT2D eigenvalue weighted by Crippen LogP contribution is -2.35. The Kier molecular flexibility index (Phi) is 6.98. The lowest BCUT2D eigenvalue weighted by molar-refractivity contribution is 0.0930. The highest BCUT2D eigenvalue weighted by molar-refractivity contribution is 5.92. The second-order valence-corrected chi connectivity index (χ2v) is 5.15. The minimum Gasteiger partial charge on any atom is -0.348 e. The number of unbranched alkanes of at least 4 members (excludes halogenated alkanes) is 2. The van der Waals surface area contributed by atoms with Gasteiger partial charge in [0.05, 0.1) is 0 Å². The molecule has 1 unspecified atom stereocenters. The van der Waals surface area contributed by atoms with Crippen LogP contribution >= 0.6 is 0 Å². The predicted molar refractivity (Wildman–Crippen MR) is 79.9 cm³/mol. The summed E-state index contributed by atoms with van der Waals surface area (Å²) in [5.41, 5.74) is 0.139. The predicted octanol–water partition coefficient (Wildman–Crippen LogP) is 2.35. The second kappa shape index (κ2) is 8.51. The highest BCUT2D eigenvalue weighted by Gasteiger charge is 2.12. The van der Waals surface area contributed by atoms with Crippen LogP contribution in [-0.4, -0.2) is 21.7 Å². The first-order valence-electron chi connectivity index (χ1n) is 7.47. The normalized spacial score (nSPS) is 12.2. The van der Waals surface area contributed by atoms with Gasteiger partial charge in [-0.25, -0.2) is 4.68 Å². The summed E-state index contributed by atoms with van der Waals surface area (Å²) in [6.45, 7) is 6.66. The van der Waals surface area contributed by atoms with Crippen molar-refractivity contribution in [2.45, 2.75) is 65.5 Å². The van der Waals surface area contributed by atoms with E-state index in [1.165, 1.54) is 29.7 Å². The first-order valence-corrected chi connectivity index (χ1v) is 7.47. The Morgan fingerprint density at radius 2 is 2.05 bits per heavy atom. The number of hydrogen-bond donors (Lipinski definition) is 1. The molecule has 5 nitrogen and oxygen atoms in total. The van der Waals surface area contributed by atoms with Gasteiger partial charge < -0.3 is 5.32 Å². The molecule has 1 aromatic rings. The summed E-state index contributed by atoms with van der Waals surface area (Å²) in [6.07, 6.45) is 5.24. The zero-order valence-corrected chi connectivity index (χ0v) is 12.7. The number of hydrogen-bond acceptors (Lipinski definition) is 3. The van der Waals surface area contributed by atoms with Gasteiger partial charge in [0.25, 0.3) is 11.5 Å². The van der Waals surface area contributed by atoms with Crippen LogP contribution in [0.3, 0.4) is 0 Å². The molecule has 20 heavy (non-hydrogen) atoms. The van der Waals surface area contributed by atoms with Crippen molar-refractivity contribution in [3.8, 4) is 0 Å². The van der Waals surface area contributed by atoms with Crippen LogP contribution in [0.1, 0.15) is 63.4 Å². The van der Waals surface area contributed by atoms with Gasteiger partial charge in [-0.3, -0.25) is 9.59 Å². The molecule has 0 aliphatic carbocycles. The molecule has 1 amide bonds. The number of aromatic nitrogens is 2. The van der Waals surface area contributed by atoms with Crippen molar-refractivity contribution in [3.05, 3.63) is 28.2 Å². The summed E-state index contributed by atoms with van der Waals surface area (Å²) in [5.74, 6) is -0.209. The Morgan fingerprint density at radius 1 is 1.30 bits per heavy atom. The van der Waals surface area contributed by atoms with E-state index in [2.05, 4.69) is 17.3 Å². The summed E-state index contributed by atoms with van der Waals surface area (Å²) in [6, 6.07) is 3.02. The lowest BCUT2D eigenvalue weighted by Gasteiger charge is -2.13. The van der Waals surface area contributed by atoms with Crippen LogP contribution in [0, 0.1) is 0 Å². The largest absolute Gasteiger partial charge is 0.348 e. The molecular weight excluding hydrogens is 254 g/mol. The van der Waals surface area contributed by atoms with Crippen LogP contribution in [0.15, 0.2) is 16.9 Å². The molecule has 1 heterocycles. The third-order valence-corrected chi connectivity index (χ3v) is 3.15. The second-order valence-electron chi connectivity index (χ2n) is 5.15. The number of nitrogens with one attached hydrogen (secondary N) is 1. The number of carbonyl (C=O) groups excluding carboxylic acids is 1. The smallest absolute Gasteiger partial charge is 0.271 e. The van der Waals surface area contributed by atoms with Crippen molar-refractivity contribution in [2.75, 3.05) is 0 Å². The molecule has 1 N–H and O–H groups in total. The molecule has 1 atom stereocenters. The van der Waals surface area contributed by atoms with Gasteiger partial charge in [0.15, 0.2) is 0 Å². The molecular formula is C15H25N3O2. The molecule has 112 valence electrons. The van der Waals surface area contributed by atoms with Crippen molar-refractivity contribution in [1.29, 1.82) is 0 Å². The Bertz CT molecular complexity index is 482. The molecule has 0 saturated carbocycles. The molecule has 0 spiro atoms. The van der Waals surface area contributed by atoms with E-state index >= 15 is 0 Å². The molecule has 0 radical (unpaired) electrons. The van der Waals surface area contributed by atoms with Crippen LogP contribution in [0.4, 0.5) is 0 Å². The van der Waals surface area contributed by atoms with Crippen molar-refractivity contribution in [2.24, 2.45) is 0 Å². The van der Waals surface area contributed by atoms with E-state index in [1.54, 1.807) is 0 Å². The van der Waals surface area contributed by atoms with Gasteiger partial charge in [-0.05, 0) is 25.8 Å². The Labute approximate surface area is 120 Å². The van der Waals surface area contributed by atoms with Gasteiger partial charge in [0.2, 0.25) is 0 Å². The quantitative estimate of drug-likeness (QED) is 0.743. The van der Waals surface area contributed by atoms with Crippen LogP contribution in [-0.2, 0) is 6.54 Å². The Morgan fingerprint density at radius 3 is 2.70 bits per heavy atom. The Hall–Kier alpha value is -1.65. The Balaban J connectivity index is 2.63. The fourth-order valence-corrected chi connectivity index (χ4v) is 2.01. The molecule has 1 aromatic heterocycles. The minimum atomic E-state index is -0.209. The SMILES string of the molecule is CCCCCC(C)NC(=O)c1ccc(=O)n(CCC)n1. The van der Waals surface area contributed by atoms with Crippen LogP contribution in [0.25, 0.3) is 0 Å². The van der Waals surface area contributed by atoms with Crippen LogP contribution in [0.5, 0.6) is 0 Å². The van der Waals surface area contributed by atoms with Gasteiger partial charge in [0.1, 0.15) is 5.69 Å². The van der Waals surface area contributed by atoms with Crippen molar-refractivity contribution >= 4 is 5.91 Å². The summed E-state index contributed by atoms with van der Waals surface area (Å²) in [4.78, 5) is 23.6. The highest BCUT2D eigenvalue weighted by atomic mass is 16.2. The van der Waals surface area contributed by atoms with Crippen molar-refractivity contribution in [3.63, 3.8) is 0 Å². The summed E-state index contributed by atoms with van der Waals surface area (Å²) in [5, 5.41) is 7.03.